The highest BCUT2D eigenvalue weighted by Crippen LogP contribution is 2.60. The van der Waals surface area contributed by atoms with Gasteiger partial charge in [0, 0.05) is 10.8 Å². The Morgan fingerprint density at radius 2 is 0.618 bits per heavy atom. The molecule has 10 aromatic rings. The summed E-state index contributed by atoms with van der Waals surface area (Å²) in [5, 5.41) is 30.9. The van der Waals surface area contributed by atoms with Crippen molar-refractivity contribution in [1.29, 1.82) is 0 Å². The fourth-order valence-corrected chi connectivity index (χ4v) is 9.38. The molecule has 0 saturated carbocycles. The van der Waals surface area contributed by atoms with Crippen molar-refractivity contribution >= 4 is 43.1 Å². The van der Waals surface area contributed by atoms with Crippen LogP contribution < -0.4 is 0 Å². The third-order valence-corrected chi connectivity index (χ3v) is 11.9. The molecule has 11 rings (SSSR count). The van der Waals surface area contributed by atoms with Crippen LogP contribution in [-0.4, -0.2) is 10.2 Å². The van der Waals surface area contributed by atoms with Gasteiger partial charge in [-0.3, -0.25) is 0 Å². The average molecular weight is 703 g/mol. The van der Waals surface area contributed by atoms with Crippen molar-refractivity contribution in [3.05, 3.63) is 216 Å². The molecule has 10 aromatic carbocycles. The molecule has 2 nitrogen and oxygen atoms in total. The van der Waals surface area contributed by atoms with Crippen LogP contribution in [0.4, 0.5) is 0 Å². The van der Waals surface area contributed by atoms with E-state index >= 15 is 0 Å². The van der Waals surface area contributed by atoms with Gasteiger partial charge in [0.05, 0.1) is 5.41 Å². The van der Waals surface area contributed by atoms with Crippen molar-refractivity contribution in [2.45, 2.75) is 5.41 Å². The molecule has 0 atom stereocenters. The number of aromatic hydroxyl groups is 2. The first-order chi connectivity index (χ1) is 27.1. The molecule has 1 aliphatic rings. The fraction of sp³-hybridized carbons (Fsp3) is 0.0189. The van der Waals surface area contributed by atoms with Gasteiger partial charge in [0.15, 0.2) is 0 Å². The first-order valence-electron chi connectivity index (χ1n) is 18.8. The van der Waals surface area contributed by atoms with E-state index in [2.05, 4.69) is 158 Å². The lowest BCUT2D eigenvalue weighted by Gasteiger charge is -2.36. The maximum absolute atomic E-state index is 11.2. The lowest BCUT2D eigenvalue weighted by molar-refractivity contribution is 0.481. The molecule has 2 heteroatoms. The Labute approximate surface area is 318 Å². The van der Waals surface area contributed by atoms with Crippen molar-refractivity contribution in [2.75, 3.05) is 0 Å². The second-order valence-corrected chi connectivity index (χ2v) is 14.8. The van der Waals surface area contributed by atoms with Crippen molar-refractivity contribution in [2.24, 2.45) is 0 Å². The molecule has 1 aliphatic carbocycles. The summed E-state index contributed by atoms with van der Waals surface area (Å²) in [6.45, 7) is 0. The van der Waals surface area contributed by atoms with Crippen molar-refractivity contribution in [1.82, 2.24) is 0 Å². The number of phenolic OH excluding ortho intramolecular Hbond substituents is 2. The molecule has 0 bridgehead atoms. The SMILES string of the molecule is Oc1ccc(C2(c3ccc(O)c4ccccc34)c3ccc(-c4ccc5ccccc5c4)cc3-c3cc(-c4ccc5ccccc5c4)ccc32)c2ccccc12. The van der Waals surface area contributed by atoms with Gasteiger partial charge in [-0.25, -0.2) is 0 Å². The zero-order valence-electron chi connectivity index (χ0n) is 29.9. The van der Waals surface area contributed by atoms with E-state index in [1.807, 2.05) is 36.4 Å². The largest absolute Gasteiger partial charge is 0.507 e. The summed E-state index contributed by atoms with van der Waals surface area (Å²) >= 11 is 0. The van der Waals surface area contributed by atoms with Crippen LogP contribution in [0.15, 0.2) is 194 Å². The number of benzene rings is 10. The normalized spacial score (nSPS) is 13.0. The molecule has 0 radical (unpaired) electrons. The van der Waals surface area contributed by atoms with Gasteiger partial charge in [0.2, 0.25) is 0 Å². The summed E-state index contributed by atoms with van der Waals surface area (Å²) in [4.78, 5) is 0. The maximum Gasteiger partial charge on any atom is 0.123 e. The van der Waals surface area contributed by atoms with E-state index in [1.165, 1.54) is 21.5 Å². The Morgan fingerprint density at radius 1 is 0.273 bits per heavy atom. The summed E-state index contributed by atoms with van der Waals surface area (Å²) < 4.78 is 0. The molecule has 0 spiro atoms. The number of phenols is 2. The highest BCUT2D eigenvalue weighted by molar-refractivity contribution is 6.02. The van der Waals surface area contributed by atoms with Gasteiger partial charge >= 0.3 is 0 Å². The topological polar surface area (TPSA) is 40.5 Å². The predicted octanol–water partition coefficient (Wildman–Crippen LogP) is 13.4. The summed E-state index contributed by atoms with van der Waals surface area (Å²) in [7, 11) is 0. The standard InChI is InChI=1S/C53H34O2/c54-51-27-25-47(41-13-5-7-15-43(41)51)53(48-26-28-52(55)44-16-8-6-14-42(44)48)49-23-21-39(37-19-17-33-9-1-3-11-35(33)29-37)31-45(49)46-32-40(22-24-50(46)53)38-20-18-34-10-2-4-12-36(34)30-38/h1-32,54-55H. The zero-order valence-corrected chi connectivity index (χ0v) is 29.9. The van der Waals surface area contributed by atoms with Crippen LogP contribution in [0.3, 0.4) is 0 Å². The first-order valence-corrected chi connectivity index (χ1v) is 18.8. The van der Waals surface area contributed by atoms with Crippen LogP contribution in [-0.2, 0) is 5.41 Å². The van der Waals surface area contributed by atoms with Crippen molar-refractivity contribution in [3.63, 3.8) is 0 Å². The highest BCUT2D eigenvalue weighted by Gasteiger charge is 2.48. The van der Waals surface area contributed by atoms with Gasteiger partial charge in [0.25, 0.3) is 0 Å². The van der Waals surface area contributed by atoms with Crippen LogP contribution in [0, 0.1) is 0 Å². The Balaban J connectivity index is 1.27. The van der Waals surface area contributed by atoms with Gasteiger partial charge in [-0.1, -0.05) is 158 Å². The smallest absolute Gasteiger partial charge is 0.123 e. The molecule has 2 N–H and O–H groups in total. The van der Waals surface area contributed by atoms with Gasteiger partial charge < -0.3 is 10.2 Å². The Morgan fingerprint density at radius 3 is 1.07 bits per heavy atom. The van der Waals surface area contributed by atoms with E-state index in [0.29, 0.717) is 0 Å². The van der Waals surface area contributed by atoms with Gasteiger partial charge in [0.1, 0.15) is 11.5 Å². The Kier molecular flexibility index (Phi) is 6.80. The van der Waals surface area contributed by atoms with Gasteiger partial charge in [-0.05, 0) is 124 Å². The van der Waals surface area contributed by atoms with E-state index in [-0.39, 0.29) is 11.5 Å². The molecular weight excluding hydrogens is 669 g/mol. The lowest BCUT2D eigenvalue weighted by atomic mass is 9.65. The molecular formula is C53H34O2. The maximum atomic E-state index is 11.2. The second kappa shape index (κ2) is 11.9. The third kappa shape index (κ3) is 4.62. The average Bonchev–Trinajstić information content (AvgIpc) is 3.53. The molecule has 0 aliphatic heterocycles. The molecule has 0 aromatic heterocycles. The number of rotatable bonds is 4. The predicted molar refractivity (Wildman–Crippen MR) is 228 cm³/mol. The summed E-state index contributed by atoms with van der Waals surface area (Å²) in [6, 6.07) is 68.6. The monoisotopic (exact) mass is 702 g/mol. The quantitative estimate of drug-likeness (QED) is 0.192. The van der Waals surface area contributed by atoms with Crippen LogP contribution in [0.25, 0.3) is 76.5 Å². The van der Waals surface area contributed by atoms with Gasteiger partial charge in [-0.2, -0.15) is 0 Å². The van der Waals surface area contributed by atoms with Crippen LogP contribution >= 0.6 is 0 Å². The third-order valence-electron chi connectivity index (χ3n) is 11.9. The van der Waals surface area contributed by atoms with E-state index in [1.54, 1.807) is 0 Å². The molecule has 0 heterocycles. The van der Waals surface area contributed by atoms with E-state index in [4.69, 9.17) is 0 Å². The zero-order chi connectivity index (χ0) is 36.7. The van der Waals surface area contributed by atoms with Crippen molar-refractivity contribution in [3.8, 4) is 44.9 Å². The fourth-order valence-electron chi connectivity index (χ4n) is 9.38. The summed E-state index contributed by atoms with van der Waals surface area (Å²) in [5.74, 6) is 0.503. The first kappa shape index (κ1) is 31.4. The molecule has 0 saturated heterocycles. The molecule has 55 heavy (non-hydrogen) atoms. The van der Waals surface area contributed by atoms with Crippen molar-refractivity contribution < 1.29 is 10.2 Å². The number of hydrogen-bond donors (Lipinski definition) is 2. The minimum atomic E-state index is -0.797. The molecule has 0 fully saturated rings. The minimum Gasteiger partial charge on any atom is -0.507 e. The van der Waals surface area contributed by atoms with E-state index < -0.39 is 5.41 Å². The number of fused-ring (bicyclic) bond motifs is 7. The molecule has 0 amide bonds. The van der Waals surface area contributed by atoms with Crippen LogP contribution in [0.2, 0.25) is 0 Å². The summed E-state index contributed by atoms with van der Waals surface area (Å²) in [6.07, 6.45) is 0. The highest BCUT2D eigenvalue weighted by atomic mass is 16.3. The summed E-state index contributed by atoms with van der Waals surface area (Å²) in [5.41, 5.74) is 10.6. The van der Waals surface area contributed by atoms with Crippen LogP contribution in [0.5, 0.6) is 11.5 Å². The van der Waals surface area contributed by atoms with E-state index in [9.17, 15) is 10.2 Å². The molecule has 258 valence electrons. The minimum absolute atomic E-state index is 0.252. The van der Waals surface area contributed by atoms with Crippen LogP contribution in [0.1, 0.15) is 22.3 Å². The Bertz CT molecular complexity index is 2970. The second-order valence-electron chi connectivity index (χ2n) is 14.8. The Hall–Kier alpha value is -7.16. The number of hydrogen-bond acceptors (Lipinski definition) is 2. The van der Waals surface area contributed by atoms with Gasteiger partial charge in [-0.15, -0.1) is 0 Å². The van der Waals surface area contributed by atoms with E-state index in [0.717, 1.165) is 77.2 Å². The lowest BCUT2D eigenvalue weighted by Crippen LogP contribution is -2.29. The molecule has 0 unspecified atom stereocenters.